The first-order chi connectivity index (χ1) is 8.99. The number of hydrogen-bond acceptors (Lipinski definition) is 2. The summed E-state index contributed by atoms with van der Waals surface area (Å²) in [6.45, 7) is 2.24. The maximum atomic E-state index is 11.6. The molecule has 0 aromatic heterocycles. The summed E-state index contributed by atoms with van der Waals surface area (Å²) in [7, 11) is 0. The Labute approximate surface area is 120 Å². The van der Waals surface area contributed by atoms with Gasteiger partial charge in [-0.05, 0) is 31.0 Å². The highest BCUT2D eigenvalue weighted by Crippen LogP contribution is 2.16. The minimum atomic E-state index is -0.856. The molecule has 1 aromatic carbocycles. The van der Waals surface area contributed by atoms with Gasteiger partial charge in [-0.25, -0.2) is 4.79 Å². The van der Waals surface area contributed by atoms with Gasteiger partial charge in [-0.1, -0.05) is 28.1 Å². The van der Waals surface area contributed by atoms with Gasteiger partial charge in [0, 0.05) is 17.4 Å². The standard InChI is InChI=1S/C13H17BrN2O3/c1-9(10-4-6-11(14)7-5-10)16-13(19)15-8-2-3-12(17)18/h4-7,9H,2-3,8H2,1H3,(H,17,18)(H2,15,16,19)/t9-/m0/s1. The van der Waals surface area contributed by atoms with E-state index in [0.717, 1.165) is 10.0 Å². The molecule has 0 fully saturated rings. The highest BCUT2D eigenvalue weighted by atomic mass is 79.9. The maximum absolute atomic E-state index is 11.6. The normalized spacial score (nSPS) is 11.7. The quantitative estimate of drug-likeness (QED) is 0.702. The van der Waals surface area contributed by atoms with Gasteiger partial charge in [0.25, 0.3) is 0 Å². The van der Waals surface area contributed by atoms with Crippen molar-refractivity contribution in [3.63, 3.8) is 0 Å². The molecule has 0 bridgehead atoms. The number of urea groups is 1. The van der Waals surface area contributed by atoms with Crippen LogP contribution in [0.1, 0.15) is 31.4 Å². The van der Waals surface area contributed by atoms with Gasteiger partial charge in [0.2, 0.25) is 0 Å². The van der Waals surface area contributed by atoms with Crippen molar-refractivity contribution in [2.24, 2.45) is 0 Å². The lowest BCUT2D eigenvalue weighted by Gasteiger charge is -2.15. The second kappa shape index (κ2) is 7.78. The molecule has 0 aliphatic heterocycles. The molecular weight excluding hydrogens is 312 g/mol. The summed E-state index contributed by atoms with van der Waals surface area (Å²) in [4.78, 5) is 21.9. The van der Waals surface area contributed by atoms with Crippen molar-refractivity contribution in [2.75, 3.05) is 6.54 Å². The number of carbonyl (C=O) groups excluding carboxylic acids is 1. The number of carboxylic acid groups (broad SMARTS) is 1. The van der Waals surface area contributed by atoms with Gasteiger partial charge >= 0.3 is 12.0 Å². The Morgan fingerprint density at radius 2 is 1.95 bits per heavy atom. The van der Waals surface area contributed by atoms with Crippen LogP contribution in [0.4, 0.5) is 4.79 Å². The summed E-state index contributed by atoms with van der Waals surface area (Å²) in [5.41, 5.74) is 1.00. The van der Waals surface area contributed by atoms with Crippen molar-refractivity contribution in [1.29, 1.82) is 0 Å². The third-order valence-corrected chi connectivity index (χ3v) is 3.10. The van der Waals surface area contributed by atoms with Gasteiger partial charge in [-0.15, -0.1) is 0 Å². The maximum Gasteiger partial charge on any atom is 0.315 e. The van der Waals surface area contributed by atoms with Crippen molar-refractivity contribution in [3.8, 4) is 0 Å². The molecule has 0 aliphatic carbocycles. The van der Waals surface area contributed by atoms with E-state index in [1.165, 1.54) is 0 Å². The topological polar surface area (TPSA) is 78.4 Å². The molecule has 1 aromatic rings. The van der Waals surface area contributed by atoms with E-state index in [1.54, 1.807) is 0 Å². The van der Waals surface area contributed by atoms with Crippen molar-refractivity contribution >= 4 is 27.9 Å². The number of nitrogens with one attached hydrogen (secondary N) is 2. The van der Waals surface area contributed by atoms with E-state index >= 15 is 0 Å². The van der Waals surface area contributed by atoms with Crippen molar-refractivity contribution in [2.45, 2.75) is 25.8 Å². The molecule has 0 saturated heterocycles. The van der Waals surface area contributed by atoms with Gasteiger partial charge in [0.15, 0.2) is 0 Å². The van der Waals surface area contributed by atoms with E-state index in [9.17, 15) is 9.59 Å². The van der Waals surface area contributed by atoms with Crippen molar-refractivity contribution in [3.05, 3.63) is 34.3 Å². The average Bonchev–Trinajstić information content (AvgIpc) is 2.35. The Balaban J connectivity index is 2.31. The smallest absolute Gasteiger partial charge is 0.315 e. The summed E-state index contributed by atoms with van der Waals surface area (Å²) in [5.74, 6) is -0.856. The molecule has 0 spiro atoms. The molecule has 0 radical (unpaired) electrons. The van der Waals surface area contributed by atoms with E-state index in [4.69, 9.17) is 5.11 Å². The lowest BCUT2D eigenvalue weighted by Crippen LogP contribution is -2.37. The summed E-state index contributed by atoms with van der Waals surface area (Å²) in [6.07, 6.45) is 0.484. The molecule has 19 heavy (non-hydrogen) atoms. The van der Waals surface area contributed by atoms with E-state index in [-0.39, 0.29) is 18.5 Å². The number of carbonyl (C=O) groups is 2. The van der Waals surface area contributed by atoms with Gasteiger partial charge in [-0.3, -0.25) is 4.79 Å². The Morgan fingerprint density at radius 3 is 2.53 bits per heavy atom. The number of aliphatic carboxylic acids is 1. The Hall–Kier alpha value is -1.56. The molecule has 0 saturated carbocycles. The summed E-state index contributed by atoms with van der Waals surface area (Å²) >= 11 is 3.35. The third-order valence-electron chi connectivity index (χ3n) is 2.57. The Morgan fingerprint density at radius 1 is 1.32 bits per heavy atom. The zero-order chi connectivity index (χ0) is 14.3. The van der Waals surface area contributed by atoms with E-state index in [1.807, 2.05) is 31.2 Å². The molecular formula is C13H17BrN2O3. The number of rotatable bonds is 6. The molecule has 104 valence electrons. The molecule has 0 unspecified atom stereocenters. The van der Waals surface area contributed by atoms with Crippen LogP contribution in [-0.4, -0.2) is 23.7 Å². The number of hydrogen-bond donors (Lipinski definition) is 3. The zero-order valence-corrected chi connectivity index (χ0v) is 12.2. The molecule has 6 heteroatoms. The van der Waals surface area contributed by atoms with Crippen molar-refractivity contribution in [1.82, 2.24) is 10.6 Å². The fourth-order valence-corrected chi connectivity index (χ4v) is 1.79. The van der Waals surface area contributed by atoms with Crippen LogP contribution >= 0.6 is 15.9 Å². The molecule has 3 N–H and O–H groups in total. The predicted molar refractivity (Wildman–Crippen MR) is 76.0 cm³/mol. The summed E-state index contributed by atoms with van der Waals surface area (Å²) < 4.78 is 0.988. The number of carboxylic acids is 1. The minimum Gasteiger partial charge on any atom is -0.481 e. The van der Waals surface area contributed by atoms with Crippen LogP contribution in [0.5, 0.6) is 0 Å². The second-order valence-electron chi connectivity index (χ2n) is 4.17. The van der Waals surface area contributed by atoms with Crippen LogP contribution in [0.25, 0.3) is 0 Å². The van der Waals surface area contributed by atoms with Crippen LogP contribution in [0.15, 0.2) is 28.7 Å². The molecule has 2 amide bonds. The molecule has 5 nitrogen and oxygen atoms in total. The van der Waals surface area contributed by atoms with E-state index in [0.29, 0.717) is 13.0 Å². The first-order valence-corrected chi connectivity index (χ1v) is 6.80. The van der Waals surface area contributed by atoms with Gasteiger partial charge in [-0.2, -0.15) is 0 Å². The molecule has 0 aliphatic rings. The number of amides is 2. The van der Waals surface area contributed by atoms with Crippen LogP contribution in [0.3, 0.4) is 0 Å². The average molecular weight is 329 g/mol. The predicted octanol–water partition coefficient (Wildman–Crippen LogP) is 2.67. The molecule has 1 atom stereocenters. The van der Waals surface area contributed by atoms with Gasteiger partial charge < -0.3 is 15.7 Å². The van der Waals surface area contributed by atoms with Gasteiger partial charge in [0.1, 0.15) is 0 Å². The third kappa shape index (κ3) is 6.24. The summed E-state index contributed by atoms with van der Waals surface area (Å²) in [5, 5.41) is 13.9. The van der Waals surface area contributed by atoms with Crippen LogP contribution < -0.4 is 10.6 Å². The molecule has 0 heterocycles. The molecule has 1 rings (SSSR count). The largest absolute Gasteiger partial charge is 0.481 e. The van der Waals surface area contributed by atoms with Gasteiger partial charge in [0.05, 0.1) is 6.04 Å². The van der Waals surface area contributed by atoms with E-state index in [2.05, 4.69) is 26.6 Å². The van der Waals surface area contributed by atoms with Crippen LogP contribution in [-0.2, 0) is 4.79 Å². The van der Waals surface area contributed by atoms with E-state index < -0.39 is 5.97 Å². The zero-order valence-electron chi connectivity index (χ0n) is 10.6. The first kappa shape index (κ1) is 15.5. The fourth-order valence-electron chi connectivity index (χ4n) is 1.52. The summed E-state index contributed by atoms with van der Waals surface area (Å²) in [6, 6.07) is 7.29. The lowest BCUT2D eigenvalue weighted by molar-refractivity contribution is -0.137. The number of benzene rings is 1. The van der Waals surface area contributed by atoms with Crippen LogP contribution in [0, 0.1) is 0 Å². The van der Waals surface area contributed by atoms with Crippen LogP contribution in [0.2, 0.25) is 0 Å². The fraction of sp³-hybridized carbons (Fsp3) is 0.385. The SMILES string of the molecule is C[C@H](NC(=O)NCCCC(=O)O)c1ccc(Br)cc1. The lowest BCUT2D eigenvalue weighted by atomic mass is 10.1. The Bertz CT molecular complexity index is 434. The number of halogens is 1. The second-order valence-corrected chi connectivity index (χ2v) is 5.09. The highest BCUT2D eigenvalue weighted by Gasteiger charge is 2.08. The first-order valence-electron chi connectivity index (χ1n) is 6.00. The highest BCUT2D eigenvalue weighted by molar-refractivity contribution is 9.10. The van der Waals surface area contributed by atoms with Crippen molar-refractivity contribution < 1.29 is 14.7 Å². The minimum absolute atomic E-state index is 0.0581. The monoisotopic (exact) mass is 328 g/mol. The Kier molecular flexibility index (Phi) is 6.35.